The second-order valence-corrected chi connectivity index (χ2v) is 12.1. The van der Waals surface area contributed by atoms with Crippen molar-refractivity contribution in [2.24, 2.45) is 0 Å². The van der Waals surface area contributed by atoms with Crippen molar-refractivity contribution in [3.05, 3.63) is 46.5 Å². The lowest BCUT2D eigenvalue weighted by molar-refractivity contribution is -0.118. The molecule has 2 heterocycles. The van der Waals surface area contributed by atoms with Gasteiger partial charge in [0.25, 0.3) is 13.1 Å². The van der Waals surface area contributed by atoms with Crippen LogP contribution >= 0.6 is 7.52 Å². The number of Topliss-reactive ketones (excluding diaryl/α,β-unsaturated/α-hetero) is 1. The van der Waals surface area contributed by atoms with Crippen molar-refractivity contribution < 1.29 is 27.0 Å². The summed E-state index contributed by atoms with van der Waals surface area (Å²) in [6.07, 6.45) is 2.18. The molecule has 0 aliphatic heterocycles. The van der Waals surface area contributed by atoms with Crippen LogP contribution in [0.5, 0.6) is 0 Å². The number of ether oxygens (including phenoxy) is 1. The predicted octanol–water partition coefficient (Wildman–Crippen LogP) is 1.06. The molecule has 1 aromatic carbocycles. The number of nitrogens with two attached hydrogens (primary N) is 1. The summed E-state index contributed by atoms with van der Waals surface area (Å²) in [6.45, 7) is 3.14. The molecule has 0 saturated carbocycles. The van der Waals surface area contributed by atoms with Gasteiger partial charge < -0.3 is 19.6 Å². The van der Waals surface area contributed by atoms with Gasteiger partial charge in [0.15, 0.2) is 21.0 Å². The third kappa shape index (κ3) is 7.05. The van der Waals surface area contributed by atoms with Crippen LogP contribution in [-0.4, -0.2) is 59.0 Å². The quantitative estimate of drug-likeness (QED) is 0.226. The van der Waals surface area contributed by atoms with Crippen LogP contribution in [-0.2, 0) is 41.6 Å². The van der Waals surface area contributed by atoms with E-state index in [0.29, 0.717) is 5.56 Å². The first-order chi connectivity index (χ1) is 16.4. The minimum Gasteiger partial charge on any atom is -0.369 e. The fourth-order valence-electron chi connectivity index (χ4n) is 2.99. The molecule has 35 heavy (non-hydrogen) atoms. The number of nitrogen functional groups attached to an aromatic ring is 1. The Bertz CT molecular complexity index is 1420. The van der Waals surface area contributed by atoms with Crippen molar-refractivity contribution in [2.45, 2.75) is 37.9 Å². The zero-order chi connectivity index (χ0) is 25.8. The molecule has 0 fully saturated rings. The Labute approximate surface area is 201 Å². The van der Waals surface area contributed by atoms with Crippen LogP contribution in [0.2, 0.25) is 0 Å². The van der Waals surface area contributed by atoms with Crippen molar-refractivity contribution in [1.82, 2.24) is 24.6 Å². The van der Waals surface area contributed by atoms with E-state index in [1.807, 2.05) is 0 Å². The van der Waals surface area contributed by atoms with Gasteiger partial charge in [0.2, 0.25) is 5.95 Å². The number of hydrogen-bond acceptors (Lipinski definition) is 10. The van der Waals surface area contributed by atoms with Gasteiger partial charge in [-0.3, -0.25) is 19.1 Å². The Morgan fingerprint density at radius 2 is 2.00 bits per heavy atom. The van der Waals surface area contributed by atoms with Crippen LogP contribution < -0.4 is 16.4 Å². The van der Waals surface area contributed by atoms with Crippen LogP contribution in [0.15, 0.2) is 40.3 Å². The number of anilines is 1. The molecular formula is C20H27N6O7PS. The lowest BCUT2D eigenvalue weighted by Crippen LogP contribution is -2.32. The standard InChI is InChI=1S/C20H27N6O7PS/c1-13(14(2)27)25-34(29,33-10-15-4-6-16(7-5-15)35(3,30)31)12-32-9-8-26-11-22-17-18(26)23-20(21)24-19(17)28/h4-7,11,13H,8-10,12H2,1-3H3,(H,25,29)(H3,21,23,24,28)/t13-,34?/m1/s1. The third-order valence-electron chi connectivity index (χ3n) is 5.02. The molecule has 0 amide bonds. The number of nitrogens with one attached hydrogen (secondary N) is 2. The van der Waals surface area contributed by atoms with E-state index < -0.39 is 29.0 Å². The van der Waals surface area contributed by atoms with Crippen molar-refractivity contribution in [3.8, 4) is 0 Å². The van der Waals surface area contributed by atoms with E-state index in [9.17, 15) is 22.6 Å². The summed E-state index contributed by atoms with van der Waals surface area (Å²) in [6, 6.07) is 5.24. The molecule has 190 valence electrons. The third-order valence-corrected chi connectivity index (χ3v) is 8.00. The van der Waals surface area contributed by atoms with Gasteiger partial charge in [0, 0.05) is 12.8 Å². The number of benzene rings is 1. The number of carbonyl (C=O) groups excluding carboxylic acids is 1. The molecule has 1 unspecified atom stereocenters. The SMILES string of the molecule is CC(=O)[C@@H](C)NP(=O)(COCCn1cnc2c(=O)[nH]c(N)nc21)OCc1ccc(S(C)(=O)=O)cc1. The van der Waals surface area contributed by atoms with Crippen LogP contribution in [0.1, 0.15) is 19.4 Å². The van der Waals surface area contributed by atoms with E-state index in [1.165, 1.54) is 25.4 Å². The highest BCUT2D eigenvalue weighted by molar-refractivity contribution is 7.90. The summed E-state index contributed by atoms with van der Waals surface area (Å²) in [7, 11) is -6.98. The first-order valence-corrected chi connectivity index (χ1v) is 14.2. The topological polar surface area (TPSA) is 188 Å². The Morgan fingerprint density at radius 1 is 1.31 bits per heavy atom. The van der Waals surface area contributed by atoms with Crippen molar-refractivity contribution in [2.75, 3.05) is 24.9 Å². The van der Waals surface area contributed by atoms with E-state index in [4.69, 9.17) is 15.0 Å². The molecule has 0 aliphatic rings. The van der Waals surface area contributed by atoms with E-state index in [-0.39, 0.29) is 53.9 Å². The number of fused-ring (bicyclic) bond motifs is 1. The highest BCUT2D eigenvalue weighted by Gasteiger charge is 2.28. The molecule has 0 spiro atoms. The summed E-state index contributed by atoms with van der Waals surface area (Å²) in [5.74, 6) is -0.278. The number of rotatable bonds is 12. The van der Waals surface area contributed by atoms with Gasteiger partial charge in [-0.05, 0) is 31.5 Å². The lowest BCUT2D eigenvalue weighted by atomic mass is 10.2. The van der Waals surface area contributed by atoms with Gasteiger partial charge in [-0.25, -0.2) is 18.5 Å². The number of nitrogens with zero attached hydrogens (tertiary/aromatic N) is 3. The minimum absolute atomic E-state index is 0.0462. The summed E-state index contributed by atoms with van der Waals surface area (Å²) in [5.41, 5.74) is 6.14. The molecular weight excluding hydrogens is 499 g/mol. The molecule has 0 radical (unpaired) electrons. The number of ketones is 1. The molecule has 15 heteroatoms. The first kappa shape index (κ1) is 26.7. The molecule has 3 rings (SSSR count). The summed E-state index contributed by atoms with van der Waals surface area (Å²) in [5, 5.41) is 2.71. The average Bonchev–Trinajstić information content (AvgIpc) is 3.18. The summed E-state index contributed by atoms with van der Waals surface area (Å²) < 4.78 is 49.4. The van der Waals surface area contributed by atoms with E-state index in [1.54, 1.807) is 23.6 Å². The Balaban J connectivity index is 1.65. The zero-order valence-corrected chi connectivity index (χ0v) is 21.1. The molecule has 4 N–H and O–H groups in total. The van der Waals surface area contributed by atoms with Crippen molar-refractivity contribution in [3.63, 3.8) is 0 Å². The second kappa shape index (κ2) is 10.8. The summed E-state index contributed by atoms with van der Waals surface area (Å²) in [4.78, 5) is 34.2. The van der Waals surface area contributed by atoms with Crippen LogP contribution in [0.25, 0.3) is 11.2 Å². The van der Waals surface area contributed by atoms with Gasteiger partial charge in [0.05, 0.1) is 30.5 Å². The fourth-order valence-corrected chi connectivity index (χ4v) is 5.34. The Morgan fingerprint density at radius 3 is 2.63 bits per heavy atom. The molecule has 13 nitrogen and oxygen atoms in total. The Hall–Kier alpha value is -2.90. The van der Waals surface area contributed by atoms with Crippen LogP contribution in [0.4, 0.5) is 5.95 Å². The number of sulfone groups is 1. The number of hydrogen-bond donors (Lipinski definition) is 3. The number of carbonyl (C=O) groups is 1. The summed E-state index contributed by atoms with van der Waals surface area (Å²) >= 11 is 0. The minimum atomic E-state index is -3.64. The lowest BCUT2D eigenvalue weighted by Gasteiger charge is -2.22. The highest BCUT2D eigenvalue weighted by Crippen LogP contribution is 2.44. The maximum atomic E-state index is 13.4. The number of aromatic nitrogens is 4. The monoisotopic (exact) mass is 526 g/mol. The van der Waals surface area contributed by atoms with Crippen molar-refractivity contribution >= 4 is 40.3 Å². The fraction of sp³-hybridized carbons (Fsp3) is 0.400. The van der Waals surface area contributed by atoms with E-state index in [0.717, 1.165) is 6.26 Å². The van der Waals surface area contributed by atoms with E-state index >= 15 is 0 Å². The normalized spacial score (nSPS) is 14.6. The zero-order valence-electron chi connectivity index (χ0n) is 19.4. The molecule has 3 aromatic rings. The smallest absolute Gasteiger partial charge is 0.295 e. The van der Waals surface area contributed by atoms with Gasteiger partial charge in [-0.2, -0.15) is 4.98 Å². The Kier molecular flexibility index (Phi) is 8.23. The maximum Gasteiger partial charge on any atom is 0.295 e. The maximum absolute atomic E-state index is 13.4. The molecule has 0 bridgehead atoms. The highest BCUT2D eigenvalue weighted by atomic mass is 32.2. The van der Waals surface area contributed by atoms with E-state index in [2.05, 4.69) is 20.0 Å². The largest absolute Gasteiger partial charge is 0.369 e. The van der Waals surface area contributed by atoms with Gasteiger partial charge in [-0.1, -0.05) is 12.1 Å². The second-order valence-electron chi connectivity index (χ2n) is 7.92. The number of imidazole rings is 1. The van der Waals surface area contributed by atoms with Gasteiger partial charge >= 0.3 is 0 Å². The number of H-pyrrole nitrogens is 1. The van der Waals surface area contributed by atoms with Gasteiger partial charge in [-0.15, -0.1) is 0 Å². The molecule has 0 aliphatic carbocycles. The molecule has 2 atom stereocenters. The molecule has 0 saturated heterocycles. The first-order valence-electron chi connectivity index (χ1n) is 10.5. The van der Waals surface area contributed by atoms with Crippen LogP contribution in [0.3, 0.4) is 0 Å². The predicted molar refractivity (Wildman–Crippen MR) is 129 cm³/mol. The van der Waals surface area contributed by atoms with Crippen molar-refractivity contribution in [1.29, 1.82) is 0 Å². The van der Waals surface area contributed by atoms with Gasteiger partial charge in [0.1, 0.15) is 12.1 Å². The number of aromatic amines is 1. The van der Waals surface area contributed by atoms with Crippen LogP contribution in [0, 0.1) is 0 Å². The average molecular weight is 527 g/mol. The molecule has 2 aromatic heterocycles.